The molecule has 0 spiro atoms. The predicted molar refractivity (Wildman–Crippen MR) is 133 cm³/mol. The predicted octanol–water partition coefficient (Wildman–Crippen LogP) is 3.61. The fourth-order valence-corrected chi connectivity index (χ4v) is 5.67. The number of nitrogens with zero attached hydrogens (tertiary/aromatic N) is 1. The van der Waals surface area contributed by atoms with Gasteiger partial charge >= 0.3 is 0 Å². The van der Waals surface area contributed by atoms with E-state index in [2.05, 4.69) is 5.32 Å². The van der Waals surface area contributed by atoms with Gasteiger partial charge in [0.1, 0.15) is 18.0 Å². The molecular weight excluding hydrogens is 472 g/mol. The van der Waals surface area contributed by atoms with Crippen LogP contribution in [0.5, 0.6) is 23.0 Å². The molecule has 192 valence electrons. The molecule has 0 bridgehead atoms. The largest absolute Gasteiger partial charge is 0.497 e. The van der Waals surface area contributed by atoms with Crippen molar-refractivity contribution in [2.75, 3.05) is 45.8 Å². The first-order valence-electron chi connectivity index (χ1n) is 11.6. The number of ether oxygens (including phenoxy) is 4. The third-order valence-electron chi connectivity index (χ3n) is 6.20. The van der Waals surface area contributed by atoms with Crippen LogP contribution in [0.4, 0.5) is 5.69 Å². The lowest BCUT2D eigenvalue weighted by atomic mass is 9.89. The summed E-state index contributed by atoms with van der Waals surface area (Å²) >= 11 is 0. The number of methoxy groups -OCH3 is 4. The Morgan fingerprint density at radius 1 is 0.886 bits per heavy atom. The van der Waals surface area contributed by atoms with E-state index in [0.717, 1.165) is 30.0 Å². The number of amides is 1. The molecule has 1 fully saturated rings. The van der Waals surface area contributed by atoms with Crippen LogP contribution in [0.15, 0.2) is 41.3 Å². The Morgan fingerprint density at radius 2 is 1.54 bits per heavy atom. The minimum absolute atomic E-state index is 0.0555. The van der Waals surface area contributed by atoms with E-state index >= 15 is 0 Å². The van der Waals surface area contributed by atoms with Gasteiger partial charge in [-0.15, -0.1) is 0 Å². The van der Waals surface area contributed by atoms with Crippen LogP contribution in [0.3, 0.4) is 0 Å². The number of nitrogens with one attached hydrogen (secondary N) is 1. The summed E-state index contributed by atoms with van der Waals surface area (Å²) in [5.41, 5.74) is 0.189. The fourth-order valence-electron chi connectivity index (χ4n) is 4.23. The van der Waals surface area contributed by atoms with Crippen LogP contribution < -0.4 is 28.6 Å². The fraction of sp³-hybridized carbons (Fsp3) is 0.480. The van der Waals surface area contributed by atoms with E-state index in [9.17, 15) is 13.2 Å². The van der Waals surface area contributed by atoms with Crippen molar-refractivity contribution in [3.63, 3.8) is 0 Å². The second-order valence-corrected chi connectivity index (χ2v) is 10.2. The Balaban J connectivity index is 1.98. The quantitative estimate of drug-likeness (QED) is 0.497. The van der Waals surface area contributed by atoms with Crippen LogP contribution in [-0.2, 0) is 14.8 Å². The summed E-state index contributed by atoms with van der Waals surface area (Å²) in [5, 5.41) is 2.92. The molecule has 0 unspecified atom stereocenters. The highest BCUT2D eigenvalue weighted by molar-refractivity contribution is 7.92. The molecule has 1 amide bonds. The summed E-state index contributed by atoms with van der Waals surface area (Å²) < 4.78 is 50.0. The minimum atomic E-state index is -4.21. The lowest BCUT2D eigenvalue weighted by Gasteiger charge is -2.27. The summed E-state index contributed by atoms with van der Waals surface area (Å²) in [5.74, 6) is 1.38. The van der Waals surface area contributed by atoms with Crippen LogP contribution in [0.1, 0.15) is 32.1 Å². The molecule has 0 heterocycles. The van der Waals surface area contributed by atoms with Gasteiger partial charge in [0.25, 0.3) is 10.0 Å². The van der Waals surface area contributed by atoms with Crippen molar-refractivity contribution in [2.24, 2.45) is 5.92 Å². The van der Waals surface area contributed by atoms with E-state index in [1.165, 1.54) is 59.1 Å². The first kappa shape index (κ1) is 26.5. The molecule has 0 aliphatic heterocycles. The zero-order valence-electron chi connectivity index (χ0n) is 20.7. The van der Waals surface area contributed by atoms with Gasteiger partial charge in [-0.05, 0) is 43.0 Å². The standard InChI is InChI=1S/C25H34N2O7S/c1-31-19-10-12-22(32-2)21(14-19)27(17-25(28)26-16-18-8-6-5-7-9-18)35(29,30)20-11-13-23(33-3)24(15-20)34-4/h10-15,18H,5-9,16-17H2,1-4H3,(H,26,28). The number of carbonyl (C=O) groups is 1. The first-order chi connectivity index (χ1) is 16.8. The molecule has 1 N–H and O–H groups in total. The molecule has 2 aromatic rings. The van der Waals surface area contributed by atoms with Gasteiger partial charge in [-0.2, -0.15) is 0 Å². The monoisotopic (exact) mass is 506 g/mol. The lowest BCUT2D eigenvalue weighted by Crippen LogP contribution is -2.42. The molecule has 0 saturated heterocycles. The van der Waals surface area contributed by atoms with Gasteiger partial charge in [-0.25, -0.2) is 8.42 Å². The smallest absolute Gasteiger partial charge is 0.265 e. The summed E-state index contributed by atoms with van der Waals surface area (Å²) in [7, 11) is 1.61. The number of hydrogen-bond acceptors (Lipinski definition) is 7. The Hall–Kier alpha value is -3.14. The van der Waals surface area contributed by atoms with Gasteiger partial charge in [0.15, 0.2) is 11.5 Å². The third kappa shape index (κ3) is 6.30. The van der Waals surface area contributed by atoms with Crippen molar-refractivity contribution >= 4 is 21.6 Å². The topological polar surface area (TPSA) is 103 Å². The molecule has 2 aromatic carbocycles. The molecule has 0 aromatic heterocycles. The highest BCUT2D eigenvalue weighted by Gasteiger charge is 2.31. The van der Waals surface area contributed by atoms with Gasteiger partial charge in [0.05, 0.1) is 39.0 Å². The number of sulfonamides is 1. The Morgan fingerprint density at radius 3 is 2.17 bits per heavy atom. The van der Waals surface area contributed by atoms with E-state index in [-0.39, 0.29) is 22.1 Å². The number of anilines is 1. The SMILES string of the molecule is COc1ccc(OC)c(N(CC(=O)NCC2CCCCC2)S(=O)(=O)c2ccc(OC)c(OC)c2)c1. The molecule has 1 saturated carbocycles. The van der Waals surface area contributed by atoms with Crippen LogP contribution in [0.25, 0.3) is 0 Å². The van der Waals surface area contributed by atoms with Gasteiger partial charge in [-0.3, -0.25) is 9.10 Å². The van der Waals surface area contributed by atoms with Gasteiger partial charge in [0.2, 0.25) is 5.91 Å². The minimum Gasteiger partial charge on any atom is -0.497 e. The van der Waals surface area contributed by atoms with Gasteiger partial charge < -0.3 is 24.3 Å². The zero-order chi connectivity index (χ0) is 25.4. The average Bonchev–Trinajstić information content (AvgIpc) is 2.90. The highest BCUT2D eigenvalue weighted by atomic mass is 32.2. The maximum Gasteiger partial charge on any atom is 0.265 e. The van der Waals surface area contributed by atoms with Crippen LogP contribution in [-0.4, -0.2) is 55.9 Å². The summed E-state index contributed by atoms with van der Waals surface area (Å²) in [4.78, 5) is 12.9. The molecule has 3 rings (SSSR count). The average molecular weight is 507 g/mol. The van der Waals surface area contributed by atoms with Crippen LogP contribution in [0, 0.1) is 5.92 Å². The first-order valence-corrected chi connectivity index (χ1v) is 13.0. The molecular formula is C25H34N2O7S. The normalized spacial score (nSPS) is 14.2. The van der Waals surface area contributed by atoms with E-state index in [0.29, 0.717) is 24.0 Å². The maximum absolute atomic E-state index is 13.9. The van der Waals surface area contributed by atoms with E-state index < -0.39 is 22.5 Å². The third-order valence-corrected chi connectivity index (χ3v) is 7.95. The second-order valence-electron chi connectivity index (χ2n) is 8.37. The van der Waals surface area contributed by atoms with Crippen molar-refractivity contribution < 1.29 is 32.2 Å². The van der Waals surface area contributed by atoms with Crippen LogP contribution >= 0.6 is 0 Å². The van der Waals surface area contributed by atoms with Gasteiger partial charge in [0, 0.05) is 18.7 Å². The number of carbonyl (C=O) groups excluding carboxylic acids is 1. The maximum atomic E-state index is 13.9. The summed E-state index contributed by atoms with van der Waals surface area (Å²) in [6.45, 7) is 0.102. The molecule has 0 atom stereocenters. The lowest BCUT2D eigenvalue weighted by molar-refractivity contribution is -0.119. The Labute approximate surface area is 207 Å². The molecule has 1 aliphatic rings. The molecule has 0 radical (unpaired) electrons. The molecule has 35 heavy (non-hydrogen) atoms. The Kier molecular flexibility index (Phi) is 9.08. The zero-order valence-corrected chi connectivity index (χ0v) is 21.5. The van der Waals surface area contributed by atoms with Crippen molar-refractivity contribution in [3.8, 4) is 23.0 Å². The van der Waals surface area contributed by atoms with Crippen LogP contribution in [0.2, 0.25) is 0 Å². The van der Waals surface area contributed by atoms with Crippen molar-refractivity contribution in [2.45, 2.75) is 37.0 Å². The molecule has 9 nitrogen and oxygen atoms in total. The highest BCUT2D eigenvalue weighted by Crippen LogP contribution is 2.37. The van der Waals surface area contributed by atoms with Crippen molar-refractivity contribution in [1.29, 1.82) is 0 Å². The Bertz CT molecular complexity index is 1110. The van der Waals surface area contributed by atoms with Crippen molar-refractivity contribution in [1.82, 2.24) is 5.32 Å². The van der Waals surface area contributed by atoms with E-state index in [1.807, 2.05) is 0 Å². The number of benzene rings is 2. The van der Waals surface area contributed by atoms with E-state index in [1.54, 1.807) is 12.1 Å². The molecule has 1 aliphatic carbocycles. The summed E-state index contributed by atoms with van der Waals surface area (Å²) in [6.07, 6.45) is 5.66. The summed E-state index contributed by atoms with van der Waals surface area (Å²) in [6, 6.07) is 9.09. The second kappa shape index (κ2) is 12.0. The van der Waals surface area contributed by atoms with Gasteiger partial charge in [-0.1, -0.05) is 19.3 Å². The van der Waals surface area contributed by atoms with E-state index in [4.69, 9.17) is 18.9 Å². The number of rotatable bonds is 11. The van der Waals surface area contributed by atoms with Crippen molar-refractivity contribution in [3.05, 3.63) is 36.4 Å². The molecule has 10 heteroatoms. The number of hydrogen-bond donors (Lipinski definition) is 1.